The van der Waals surface area contributed by atoms with Gasteiger partial charge in [0.1, 0.15) is 5.82 Å². The van der Waals surface area contributed by atoms with Crippen LogP contribution in [0.3, 0.4) is 0 Å². The molecule has 2 aromatic rings. The number of benzene rings is 1. The summed E-state index contributed by atoms with van der Waals surface area (Å²) in [5.41, 5.74) is 1.26. The van der Waals surface area contributed by atoms with Gasteiger partial charge < -0.3 is 10.2 Å². The molecular formula is C16H23N3. The minimum atomic E-state index is 0.219. The quantitative estimate of drug-likeness (QED) is 0.891. The third-order valence-corrected chi connectivity index (χ3v) is 3.09. The maximum Gasteiger partial charge on any atom is 0.126 e. The highest BCUT2D eigenvalue weighted by Crippen LogP contribution is 2.19. The number of hydrogen-bond acceptors (Lipinski definition) is 3. The molecule has 1 heterocycles. The average molecular weight is 257 g/mol. The molecule has 0 amide bonds. The van der Waals surface area contributed by atoms with Gasteiger partial charge >= 0.3 is 0 Å². The van der Waals surface area contributed by atoms with Gasteiger partial charge in [0, 0.05) is 18.5 Å². The predicted molar refractivity (Wildman–Crippen MR) is 82.6 cm³/mol. The third kappa shape index (κ3) is 3.93. The molecule has 2 rings (SSSR count). The topological polar surface area (TPSA) is 28.2 Å². The van der Waals surface area contributed by atoms with Crippen LogP contribution in [0.4, 0.5) is 5.82 Å². The summed E-state index contributed by atoms with van der Waals surface area (Å²) in [5.74, 6) is 0.950. The highest BCUT2D eigenvalue weighted by Gasteiger charge is 2.18. The average Bonchev–Trinajstić information content (AvgIpc) is 2.35. The molecule has 0 aliphatic rings. The molecule has 0 aliphatic heterocycles. The van der Waals surface area contributed by atoms with Crippen molar-refractivity contribution < 1.29 is 0 Å². The lowest BCUT2D eigenvalue weighted by Crippen LogP contribution is -2.34. The zero-order valence-corrected chi connectivity index (χ0v) is 12.3. The monoisotopic (exact) mass is 257 g/mol. The molecule has 1 aromatic carbocycles. The van der Waals surface area contributed by atoms with E-state index in [4.69, 9.17) is 0 Å². The summed E-state index contributed by atoms with van der Waals surface area (Å²) in [6.07, 6.45) is 0. The van der Waals surface area contributed by atoms with Gasteiger partial charge in [-0.15, -0.1) is 0 Å². The third-order valence-electron chi connectivity index (χ3n) is 3.09. The molecule has 0 saturated carbocycles. The molecule has 3 heteroatoms. The van der Waals surface area contributed by atoms with Gasteiger partial charge in [0.25, 0.3) is 0 Å². The lowest BCUT2D eigenvalue weighted by Gasteiger charge is -2.28. The Labute approximate surface area is 115 Å². The van der Waals surface area contributed by atoms with E-state index in [0.29, 0.717) is 0 Å². The van der Waals surface area contributed by atoms with Crippen LogP contribution < -0.4 is 5.32 Å². The van der Waals surface area contributed by atoms with Crippen molar-refractivity contribution in [1.29, 1.82) is 0 Å². The fourth-order valence-electron chi connectivity index (χ4n) is 2.41. The van der Waals surface area contributed by atoms with E-state index in [1.807, 2.05) is 24.3 Å². The number of nitrogens with one attached hydrogen (secondary N) is 1. The smallest absolute Gasteiger partial charge is 0.126 e. The number of para-hydroxylation sites is 1. The van der Waals surface area contributed by atoms with Crippen molar-refractivity contribution in [3.63, 3.8) is 0 Å². The molecule has 3 nitrogen and oxygen atoms in total. The fourth-order valence-corrected chi connectivity index (χ4v) is 2.41. The van der Waals surface area contributed by atoms with Crippen molar-refractivity contribution in [2.45, 2.75) is 13.8 Å². The molecule has 0 fully saturated rings. The highest BCUT2D eigenvalue weighted by molar-refractivity contribution is 5.80. The fraction of sp³-hybridized carbons (Fsp3) is 0.438. The first-order valence-corrected chi connectivity index (χ1v) is 6.71. The summed E-state index contributed by atoms with van der Waals surface area (Å²) in [6, 6.07) is 12.4. The number of fused-ring (bicyclic) bond motifs is 1. The Morgan fingerprint density at radius 1 is 1.11 bits per heavy atom. The van der Waals surface area contributed by atoms with Crippen LogP contribution in [0.15, 0.2) is 36.4 Å². The van der Waals surface area contributed by atoms with E-state index in [9.17, 15) is 0 Å². The largest absolute Gasteiger partial charge is 0.369 e. The van der Waals surface area contributed by atoms with Crippen molar-refractivity contribution in [2.75, 3.05) is 32.5 Å². The first-order chi connectivity index (χ1) is 8.96. The van der Waals surface area contributed by atoms with Crippen LogP contribution in [-0.2, 0) is 0 Å². The van der Waals surface area contributed by atoms with Gasteiger partial charge in [-0.2, -0.15) is 0 Å². The normalized spacial score (nSPS) is 12.1. The zero-order valence-electron chi connectivity index (χ0n) is 12.3. The van der Waals surface area contributed by atoms with Crippen molar-refractivity contribution in [2.24, 2.45) is 5.41 Å². The van der Waals surface area contributed by atoms with E-state index in [0.717, 1.165) is 24.4 Å². The van der Waals surface area contributed by atoms with Gasteiger partial charge in [-0.3, -0.25) is 0 Å². The molecule has 1 N–H and O–H groups in total. The molecule has 0 bridgehead atoms. The van der Waals surface area contributed by atoms with Crippen LogP contribution in [-0.4, -0.2) is 37.1 Å². The molecule has 0 unspecified atom stereocenters. The number of nitrogens with zero attached hydrogens (tertiary/aromatic N) is 2. The Morgan fingerprint density at radius 3 is 2.58 bits per heavy atom. The van der Waals surface area contributed by atoms with Crippen molar-refractivity contribution in [3.8, 4) is 0 Å². The number of rotatable bonds is 5. The molecule has 0 spiro atoms. The summed E-state index contributed by atoms with van der Waals surface area (Å²) in [5, 5.41) is 4.63. The van der Waals surface area contributed by atoms with Crippen LogP contribution in [0.2, 0.25) is 0 Å². The number of pyridine rings is 1. The lowest BCUT2D eigenvalue weighted by atomic mass is 9.93. The van der Waals surface area contributed by atoms with E-state index >= 15 is 0 Å². The summed E-state index contributed by atoms with van der Waals surface area (Å²) in [6.45, 7) is 6.49. The van der Waals surface area contributed by atoms with Crippen LogP contribution in [0.25, 0.3) is 10.9 Å². The molecule has 0 aliphatic carbocycles. The Kier molecular flexibility index (Phi) is 4.05. The standard InChI is InChI=1S/C16H23N3/c1-16(2,12-19(3)4)11-17-15-10-9-13-7-5-6-8-14(13)18-15/h5-10H,11-12H2,1-4H3,(H,17,18). The molecule has 0 saturated heterocycles. The summed E-state index contributed by atoms with van der Waals surface area (Å²) < 4.78 is 0. The van der Waals surface area contributed by atoms with Crippen molar-refractivity contribution in [1.82, 2.24) is 9.88 Å². The zero-order chi connectivity index (χ0) is 13.9. The van der Waals surface area contributed by atoms with Gasteiger partial charge in [-0.1, -0.05) is 32.0 Å². The first kappa shape index (κ1) is 13.8. The van der Waals surface area contributed by atoms with Gasteiger partial charge in [-0.25, -0.2) is 4.98 Å². The molecule has 0 atom stereocenters. The molecule has 0 radical (unpaired) electrons. The Morgan fingerprint density at radius 2 is 1.84 bits per heavy atom. The van der Waals surface area contributed by atoms with Gasteiger partial charge in [0.15, 0.2) is 0 Å². The number of anilines is 1. The van der Waals surface area contributed by atoms with Crippen molar-refractivity contribution >= 4 is 16.7 Å². The maximum absolute atomic E-state index is 4.63. The second-order valence-corrected chi connectivity index (χ2v) is 6.14. The maximum atomic E-state index is 4.63. The highest BCUT2D eigenvalue weighted by atomic mass is 15.1. The second kappa shape index (κ2) is 5.57. The Balaban J connectivity index is 2.05. The molecule has 102 valence electrons. The van der Waals surface area contributed by atoms with E-state index in [1.165, 1.54) is 5.39 Å². The number of aromatic nitrogens is 1. The summed E-state index contributed by atoms with van der Waals surface area (Å²) in [4.78, 5) is 6.85. The SMILES string of the molecule is CN(C)CC(C)(C)CNc1ccc2ccccc2n1. The summed E-state index contributed by atoms with van der Waals surface area (Å²) >= 11 is 0. The second-order valence-electron chi connectivity index (χ2n) is 6.14. The predicted octanol–water partition coefficient (Wildman–Crippen LogP) is 3.23. The van der Waals surface area contributed by atoms with Gasteiger partial charge in [-0.05, 0) is 37.7 Å². The number of hydrogen-bond donors (Lipinski definition) is 1. The van der Waals surface area contributed by atoms with Gasteiger partial charge in [0.2, 0.25) is 0 Å². The lowest BCUT2D eigenvalue weighted by molar-refractivity contribution is 0.254. The van der Waals surface area contributed by atoms with Gasteiger partial charge in [0.05, 0.1) is 5.52 Å². The van der Waals surface area contributed by atoms with E-state index in [2.05, 4.69) is 55.3 Å². The van der Waals surface area contributed by atoms with Crippen molar-refractivity contribution in [3.05, 3.63) is 36.4 Å². The molecular weight excluding hydrogens is 234 g/mol. The Bertz CT molecular complexity index is 546. The van der Waals surface area contributed by atoms with Crippen LogP contribution in [0, 0.1) is 5.41 Å². The minimum absolute atomic E-state index is 0.219. The van der Waals surface area contributed by atoms with E-state index in [-0.39, 0.29) is 5.41 Å². The summed E-state index contributed by atoms with van der Waals surface area (Å²) in [7, 11) is 4.21. The Hall–Kier alpha value is -1.61. The van der Waals surface area contributed by atoms with Crippen LogP contribution >= 0.6 is 0 Å². The van der Waals surface area contributed by atoms with Crippen LogP contribution in [0.5, 0.6) is 0 Å². The van der Waals surface area contributed by atoms with E-state index < -0.39 is 0 Å². The first-order valence-electron chi connectivity index (χ1n) is 6.71. The molecule has 19 heavy (non-hydrogen) atoms. The minimum Gasteiger partial charge on any atom is -0.369 e. The molecule has 1 aromatic heterocycles. The van der Waals surface area contributed by atoms with Crippen LogP contribution in [0.1, 0.15) is 13.8 Å². The van der Waals surface area contributed by atoms with E-state index in [1.54, 1.807) is 0 Å².